The molecule has 2 rings (SSSR count). The maximum atomic E-state index is 12.2. The van der Waals surface area contributed by atoms with Crippen molar-refractivity contribution in [3.05, 3.63) is 56.2 Å². The van der Waals surface area contributed by atoms with E-state index in [2.05, 4.69) is 5.32 Å². The molecule has 1 aromatic carbocycles. The topological polar surface area (TPSA) is 72.5 Å². The average molecular weight is 408 g/mol. The van der Waals surface area contributed by atoms with Crippen molar-refractivity contribution in [2.45, 2.75) is 39.7 Å². The van der Waals surface area contributed by atoms with Crippen LogP contribution in [0.25, 0.3) is 0 Å². The van der Waals surface area contributed by atoms with Crippen LogP contribution in [0.15, 0.2) is 30.3 Å². The Morgan fingerprint density at radius 2 is 1.93 bits per heavy atom. The number of benzene rings is 1. The van der Waals surface area contributed by atoms with Crippen LogP contribution in [-0.2, 0) is 14.3 Å². The number of hydrogen-bond acceptors (Lipinski definition) is 5. The minimum atomic E-state index is -0.571. The van der Waals surface area contributed by atoms with Crippen LogP contribution < -0.4 is 5.32 Å². The summed E-state index contributed by atoms with van der Waals surface area (Å²) in [6.07, 6.45) is 0.0146. The first-order chi connectivity index (χ1) is 12.8. The van der Waals surface area contributed by atoms with Gasteiger partial charge in [0.2, 0.25) is 0 Å². The summed E-state index contributed by atoms with van der Waals surface area (Å²) in [4.78, 5) is 37.9. The van der Waals surface area contributed by atoms with Gasteiger partial charge in [0.15, 0.2) is 12.4 Å². The van der Waals surface area contributed by atoms with Gasteiger partial charge in [0.05, 0.1) is 12.5 Å². The third kappa shape index (κ3) is 6.48. The van der Waals surface area contributed by atoms with E-state index in [0.29, 0.717) is 10.6 Å². The number of Topliss-reactive ketones (excluding diaryl/α,β-unsaturated/α-hetero) is 1. The molecule has 5 nitrogen and oxygen atoms in total. The monoisotopic (exact) mass is 407 g/mol. The zero-order valence-corrected chi connectivity index (χ0v) is 17.1. The number of esters is 1. The van der Waals surface area contributed by atoms with Gasteiger partial charge < -0.3 is 10.1 Å². The minimum Gasteiger partial charge on any atom is -0.456 e. The molecule has 0 aliphatic heterocycles. The van der Waals surface area contributed by atoms with Crippen LogP contribution >= 0.6 is 22.9 Å². The lowest BCUT2D eigenvalue weighted by Crippen LogP contribution is -2.31. The average Bonchev–Trinajstić information content (AvgIpc) is 2.96. The fraction of sp³-hybridized carbons (Fsp3) is 0.350. The molecule has 1 heterocycles. The van der Waals surface area contributed by atoms with Crippen LogP contribution in [0, 0.1) is 13.8 Å². The molecule has 0 spiro atoms. The highest BCUT2D eigenvalue weighted by molar-refractivity contribution is 7.12. The molecule has 27 heavy (non-hydrogen) atoms. The van der Waals surface area contributed by atoms with Gasteiger partial charge in [-0.2, -0.15) is 0 Å². The molecule has 0 unspecified atom stereocenters. The molecule has 0 aliphatic carbocycles. The number of aryl methyl sites for hydroxylation is 2. The predicted octanol–water partition coefficient (Wildman–Crippen LogP) is 4.40. The van der Waals surface area contributed by atoms with Crippen LogP contribution in [-0.4, -0.2) is 24.3 Å². The summed E-state index contributed by atoms with van der Waals surface area (Å²) in [6.45, 7) is 5.25. The summed E-state index contributed by atoms with van der Waals surface area (Å²) < 4.78 is 4.96. The number of hydrogen-bond donors (Lipinski definition) is 1. The lowest BCUT2D eigenvalue weighted by Gasteiger charge is -2.14. The van der Waals surface area contributed by atoms with Gasteiger partial charge in [-0.3, -0.25) is 14.4 Å². The molecule has 1 aromatic heterocycles. The van der Waals surface area contributed by atoms with Crippen molar-refractivity contribution in [3.63, 3.8) is 0 Å². The largest absolute Gasteiger partial charge is 0.456 e. The number of halogens is 1. The Bertz CT molecular complexity index is 846. The second-order valence-electron chi connectivity index (χ2n) is 6.25. The van der Waals surface area contributed by atoms with Crippen molar-refractivity contribution < 1.29 is 19.1 Å². The standard InChI is InChI=1S/C20H22ClNO4S/c1-12-9-17(14(3)27-12)18(23)7-8-20(25)26-11-19(24)22-13(2)15-5-4-6-16(21)10-15/h4-6,9-10,13H,7-8,11H2,1-3H3,(H,22,24)/t13-/m0/s1. The quantitative estimate of drug-likeness (QED) is 0.520. The summed E-state index contributed by atoms with van der Waals surface area (Å²) >= 11 is 7.49. The Morgan fingerprint density at radius 1 is 1.19 bits per heavy atom. The van der Waals surface area contributed by atoms with Gasteiger partial charge in [0, 0.05) is 26.8 Å². The van der Waals surface area contributed by atoms with Crippen molar-refractivity contribution in [1.82, 2.24) is 5.32 Å². The van der Waals surface area contributed by atoms with E-state index in [1.165, 1.54) is 0 Å². The van der Waals surface area contributed by atoms with Crippen LogP contribution in [0.4, 0.5) is 0 Å². The number of carbonyl (C=O) groups excluding carboxylic acids is 3. The molecule has 0 saturated carbocycles. The lowest BCUT2D eigenvalue weighted by molar-refractivity contribution is -0.148. The van der Waals surface area contributed by atoms with Crippen molar-refractivity contribution in [2.24, 2.45) is 0 Å². The Kier molecular flexibility index (Phi) is 7.56. The van der Waals surface area contributed by atoms with Crippen molar-refractivity contribution in [1.29, 1.82) is 0 Å². The number of ketones is 1. The molecule has 1 atom stereocenters. The third-order valence-corrected chi connectivity index (χ3v) is 5.19. The van der Waals surface area contributed by atoms with Gasteiger partial charge in [-0.1, -0.05) is 23.7 Å². The van der Waals surface area contributed by atoms with E-state index in [0.717, 1.165) is 15.3 Å². The van der Waals surface area contributed by atoms with Gasteiger partial charge in [-0.25, -0.2) is 0 Å². The van der Waals surface area contributed by atoms with E-state index in [9.17, 15) is 14.4 Å². The maximum Gasteiger partial charge on any atom is 0.306 e. The summed E-state index contributed by atoms with van der Waals surface area (Å²) in [6, 6.07) is 8.73. The molecule has 0 fully saturated rings. The second-order valence-corrected chi connectivity index (χ2v) is 8.15. The van der Waals surface area contributed by atoms with Gasteiger partial charge in [0.1, 0.15) is 0 Å². The normalized spacial score (nSPS) is 11.7. The SMILES string of the molecule is Cc1cc(C(=O)CCC(=O)OCC(=O)N[C@@H](C)c2cccc(Cl)c2)c(C)s1. The third-order valence-electron chi connectivity index (χ3n) is 3.99. The second kappa shape index (κ2) is 9.67. The Hall–Kier alpha value is -2.18. The molecule has 1 N–H and O–H groups in total. The van der Waals surface area contributed by atoms with E-state index < -0.39 is 11.9 Å². The zero-order valence-electron chi connectivity index (χ0n) is 15.5. The summed E-state index contributed by atoms with van der Waals surface area (Å²) in [5.41, 5.74) is 1.51. The summed E-state index contributed by atoms with van der Waals surface area (Å²) in [7, 11) is 0. The summed E-state index contributed by atoms with van der Waals surface area (Å²) in [5.74, 6) is -1.07. The maximum absolute atomic E-state index is 12.2. The Labute approximate surface area is 167 Å². The molecular weight excluding hydrogens is 386 g/mol. The molecule has 1 amide bonds. The zero-order chi connectivity index (χ0) is 20.0. The molecule has 7 heteroatoms. The van der Waals surface area contributed by atoms with Crippen LogP contribution in [0.2, 0.25) is 5.02 Å². The number of rotatable bonds is 8. The molecular formula is C20H22ClNO4S. The van der Waals surface area contributed by atoms with E-state index in [1.54, 1.807) is 29.5 Å². The first-order valence-corrected chi connectivity index (χ1v) is 9.76. The molecule has 0 aliphatic rings. The highest BCUT2D eigenvalue weighted by Gasteiger charge is 2.16. The predicted molar refractivity (Wildman–Crippen MR) is 106 cm³/mol. The van der Waals surface area contributed by atoms with Crippen molar-refractivity contribution in [2.75, 3.05) is 6.61 Å². The van der Waals surface area contributed by atoms with Gasteiger partial charge in [-0.15, -0.1) is 11.3 Å². The van der Waals surface area contributed by atoms with Crippen molar-refractivity contribution in [3.8, 4) is 0 Å². The molecule has 144 valence electrons. The Morgan fingerprint density at radius 3 is 2.56 bits per heavy atom. The fourth-order valence-corrected chi connectivity index (χ4v) is 3.76. The number of carbonyl (C=O) groups is 3. The first-order valence-electron chi connectivity index (χ1n) is 8.57. The van der Waals surface area contributed by atoms with Gasteiger partial charge >= 0.3 is 5.97 Å². The molecule has 0 saturated heterocycles. The van der Waals surface area contributed by atoms with Gasteiger partial charge in [-0.05, 0) is 44.5 Å². The highest BCUT2D eigenvalue weighted by Crippen LogP contribution is 2.22. The highest BCUT2D eigenvalue weighted by atomic mass is 35.5. The number of thiophene rings is 1. The first kappa shape index (κ1) is 21.1. The Balaban J connectivity index is 1.74. The van der Waals surface area contributed by atoms with Gasteiger partial charge in [0.25, 0.3) is 5.91 Å². The molecule has 2 aromatic rings. The van der Waals surface area contributed by atoms with E-state index in [-0.39, 0.29) is 31.3 Å². The van der Waals surface area contributed by atoms with E-state index >= 15 is 0 Å². The minimum absolute atomic E-state index is 0.0513. The molecule has 0 radical (unpaired) electrons. The van der Waals surface area contributed by atoms with E-state index in [4.69, 9.17) is 16.3 Å². The van der Waals surface area contributed by atoms with E-state index in [1.807, 2.05) is 32.9 Å². The number of ether oxygens (including phenoxy) is 1. The van der Waals surface area contributed by atoms with Crippen molar-refractivity contribution >= 4 is 40.6 Å². The lowest BCUT2D eigenvalue weighted by atomic mass is 10.1. The van der Waals surface area contributed by atoms with Crippen LogP contribution in [0.3, 0.4) is 0 Å². The fourth-order valence-electron chi connectivity index (χ4n) is 2.62. The number of nitrogens with one attached hydrogen (secondary N) is 1. The number of amides is 1. The smallest absolute Gasteiger partial charge is 0.306 e. The van der Waals surface area contributed by atoms with Crippen LogP contribution in [0.5, 0.6) is 0 Å². The summed E-state index contributed by atoms with van der Waals surface area (Å²) in [5, 5.41) is 3.32. The molecule has 0 bridgehead atoms. The van der Waals surface area contributed by atoms with Crippen LogP contribution in [0.1, 0.15) is 51.5 Å².